The number of nitrogens with one attached hydrogen (secondary N) is 2. The summed E-state index contributed by atoms with van der Waals surface area (Å²) in [5, 5.41) is 6.49. The van der Waals surface area contributed by atoms with Crippen molar-refractivity contribution in [3.05, 3.63) is 30.1 Å². The molecule has 2 N–H and O–H groups in total. The Morgan fingerprint density at radius 3 is 2.70 bits per heavy atom. The van der Waals surface area contributed by atoms with Gasteiger partial charge in [0.05, 0.1) is 6.04 Å². The minimum atomic E-state index is -0.188. The Morgan fingerprint density at radius 2 is 2.05 bits per heavy atom. The lowest BCUT2D eigenvalue weighted by molar-refractivity contribution is -0.123. The third-order valence-electron chi connectivity index (χ3n) is 4.03. The molecule has 1 aliphatic carbocycles. The lowest BCUT2D eigenvalue weighted by Crippen LogP contribution is -2.47. The predicted molar refractivity (Wildman–Crippen MR) is 80.3 cm³/mol. The first-order chi connectivity index (χ1) is 9.66. The van der Waals surface area contributed by atoms with E-state index in [-0.39, 0.29) is 18.0 Å². The van der Waals surface area contributed by atoms with Gasteiger partial charge < -0.3 is 5.32 Å². The van der Waals surface area contributed by atoms with Crippen LogP contribution in [0.3, 0.4) is 0 Å². The zero-order valence-corrected chi connectivity index (χ0v) is 12.4. The van der Waals surface area contributed by atoms with Crippen molar-refractivity contribution in [1.82, 2.24) is 15.6 Å². The minimum Gasteiger partial charge on any atom is -0.352 e. The van der Waals surface area contributed by atoms with Gasteiger partial charge in [0.1, 0.15) is 0 Å². The second kappa shape index (κ2) is 7.39. The number of pyridine rings is 1. The van der Waals surface area contributed by atoms with Crippen LogP contribution in [0.5, 0.6) is 0 Å². The molecule has 0 aromatic carbocycles. The maximum Gasteiger partial charge on any atom is 0.237 e. The summed E-state index contributed by atoms with van der Waals surface area (Å²) in [7, 11) is 0. The van der Waals surface area contributed by atoms with Gasteiger partial charge in [-0.25, -0.2) is 0 Å². The summed E-state index contributed by atoms with van der Waals surface area (Å²) in [6.45, 7) is 3.98. The Morgan fingerprint density at radius 1 is 1.30 bits per heavy atom. The van der Waals surface area contributed by atoms with Crippen LogP contribution in [-0.2, 0) is 4.79 Å². The predicted octanol–water partition coefficient (Wildman–Crippen LogP) is 2.57. The van der Waals surface area contributed by atoms with Crippen molar-refractivity contribution < 1.29 is 4.79 Å². The zero-order valence-electron chi connectivity index (χ0n) is 12.4. The van der Waals surface area contributed by atoms with E-state index in [0.29, 0.717) is 6.04 Å². The molecule has 0 radical (unpaired) electrons. The lowest BCUT2D eigenvalue weighted by atomic mass is 9.95. The van der Waals surface area contributed by atoms with Gasteiger partial charge in [-0.1, -0.05) is 25.3 Å². The van der Waals surface area contributed by atoms with Crippen molar-refractivity contribution in [2.24, 2.45) is 0 Å². The first kappa shape index (κ1) is 15.0. The third-order valence-corrected chi connectivity index (χ3v) is 4.03. The van der Waals surface area contributed by atoms with Crippen molar-refractivity contribution in [2.75, 3.05) is 0 Å². The van der Waals surface area contributed by atoms with Gasteiger partial charge in [0.25, 0.3) is 0 Å². The number of amides is 1. The van der Waals surface area contributed by atoms with Crippen molar-refractivity contribution in [3.63, 3.8) is 0 Å². The zero-order chi connectivity index (χ0) is 14.4. The molecule has 1 fully saturated rings. The smallest absolute Gasteiger partial charge is 0.237 e. The van der Waals surface area contributed by atoms with E-state index in [1.54, 1.807) is 6.20 Å². The number of hydrogen-bond acceptors (Lipinski definition) is 3. The van der Waals surface area contributed by atoms with Crippen LogP contribution in [0.15, 0.2) is 24.5 Å². The van der Waals surface area contributed by atoms with Crippen LogP contribution < -0.4 is 10.6 Å². The second-order valence-electron chi connectivity index (χ2n) is 5.74. The molecule has 2 atom stereocenters. The summed E-state index contributed by atoms with van der Waals surface area (Å²) in [5.41, 5.74) is 1.10. The number of hydrogen-bond donors (Lipinski definition) is 2. The van der Waals surface area contributed by atoms with Gasteiger partial charge in [-0.3, -0.25) is 15.1 Å². The van der Waals surface area contributed by atoms with Gasteiger partial charge in [-0.15, -0.1) is 0 Å². The fraction of sp³-hybridized carbons (Fsp3) is 0.625. The summed E-state index contributed by atoms with van der Waals surface area (Å²) >= 11 is 0. The molecular weight excluding hydrogens is 250 g/mol. The highest BCUT2D eigenvalue weighted by Gasteiger charge is 2.20. The normalized spacial score (nSPS) is 19.3. The molecule has 0 spiro atoms. The number of carbonyl (C=O) groups is 1. The summed E-state index contributed by atoms with van der Waals surface area (Å²) in [6.07, 6.45) is 9.61. The van der Waals surface area contributed by atoms with Crippen LogP contribution in [0.4, 0.5) is 0 Å². The van der Waals surface area contributed by atoms with E-state index >= 15 is 0 Å². The monoisotopic (exact) mass is 275 g/mol. The summed E-state index contributed by atoms with van der Waals surface area (Å²) in [6, 6.07) is 4.24. The Hall–Kier alpha value is -1.42. The van der Waals surface area contributed by atoms with Crippen molar-refractivity contribution >= 4 is 5.91 Å². The standard InChI is InChI=1S/C16H25N3O/c1-12(14-7-6-10-17-11-14)18-13(2)16(20)19-15-8-4-3-5-9-15/h6-7,10-13,15,18H,3-5,8-9H2,1-2H3,(H,19,20)/t12-,13?/m1/s1. The van der Waals surface area contributed by atoms with Crippen LogP contribution in [0.1, 0.15) is 57.6 Å². The molecule has 1 unspecified atom stereocenters. The molecule has 1 amide bonds. The second-order valence-corrected chi connectivity index (χ2v) is 5.74. The van der Waals surface area contributed by atoms with E-state index < -0.39 is 0 Å². The average molecular weight is 275 g/mol. The fourth-order valence-electron chi connectivity index (χ4n) is 2.75. The first-order valence-electron chi connectivity index (χ1n) is 7.63. The molecule has 110 valence electrons. The molecule has 2 rings (SSSR count). The molecular formula is C16H25N3O. The average Bonchev–Trinajstić information content (AvgIpc) is 2.49. The minimum absolute atomic E-state index is 0.104. The molecule has 4 nitrogen and oxygen atoms in total. The van der Waals surface area contributed by atoms with Gasteiger partial charge in [0.2, 0.25) is 5.91 Å². The molecule has 1 aromatic heterocycles. The van der Waals surface area contributed by atoms with Crippen LogP contribution in [0.25, 0.3) is 0 Å². The molecule has 0 aliphatic heterocycles. The number of carbonyl (C=O) groups excluding carboxylic acids is 1. The molecule has 0 saturated heterocycles. The van der Waals surface area contributed by atoms with Gasteiger partial charge in [0, 0.05) is 24.5 Å². The Bertz CT molecular complexity index is 415. The highest BCUT2D eigenvalue weighted by Crippen LogP contribution is 2.17. The Labute approximate surface area is 121 Å². The largest absolute Gasteiger partial charge is 0.352 e. The van der Waals surface area contributed by atoms with E-state index in [1.807, 2.05) is 25.3 Å². The first-order valence-corrected chi connectivity index (χ1v) is 7.63. The van der Waals surface area contributed by atoms with Crippen molar-refractivity contribution in [3.8, 4) is 0 Å². The van der Waals surface area contributed by atoms with E-state index in [1.165, 1.54) is 19.3 Å². The Kier molecular flexibility index (Phi) is 5.53. The van der Waals surface area contributed by atoms with Crippen molar-refractivity contribution in [1.29, 1.82) is 0 Å². The molecule has 1 aromatic rings. The quantitative estimate of drug-likeness (QED) is 0.868. The number of aromatic nitrogens is 1. The van der Waals surface area contributed by atoms with E-state index in [9.17, 15) is 4.79 Å². The van der Waals surface area contributed by atoms with Crippen LogP contribution >= 0.6 is 0 Å². The topological polar surface area (TPSA) is 54.0 Å². The van der Waals surface area contributed by atoms with Gasteiger partial charge >= 0.3 is 0 Å². The summed E-state index contributed by atoms with van der Waals surface area (Å²) in [5.74, 6) is 0.104. The van der Waals surface area contributed by atoms with Gasteiger partial charge in [-0.05, 0) is 38.3 Å². The molecule has 20 heavy (non-hydrogen) atoms. The van der Waals surface area contributed by atoms with Crippen LogP contribution in [-0.4, -0.2) is 23.0 Å². The van der Waals surface area contributed by atoms with E-state index in [0.717, 1.165) is 18.4 Å². The third kappa shape index (κ3) is 4.30. The van der Waals surface area contributed by atoms with E-state index in [2.05, 4.69) is 22.5 Å². The van der Waals surface area contributed by atoms with Crippen LogP contribution in [0, 0.1) is 0 Å². The number of rotatable bonds is 5. The van der Waals surface area contributed by atoms with E-state index in [4.69, 9.17) is 0 Å². The van der Waals surface area contributed by atoms with Crippen LogP contribution in [0.2, 0.25) is 0 Å². The molecule has 0 bridgehead atoms. The SMILES string of the molecule is CC(N[C@H](C)c1cccnc1)C(=O)NC1CCCCC1. The fourth-order valence-corrected chi connectivity index (χ4v) is 2.75. The maximum absolute atomic E-state index is 12.2. The maximum atomic E-state index is 12.2. The van der Waals surface area contributed by atoms with Crippen molar-refractivity contribution in [2.45, 2.75) is 64.1 Å². The number of nitrogens with zero attached hydrogens (tertiary/aromatic N) is 1. The molecule has 1 heterocycles. The van der Waals surface area contributed by atoms with Gasteiger partial charge in [-0.2, -0.15) is 0 Å². The molecule has 1 aliphatic rings. The summed E-state index contributed by atoms with van der Waals surface area (Å²) in [4.78, 5) is 16.3. The Balaban J connectivity index is 1.81. The lowest BCUT2D eigenvalue weighted by Gasteiger charge is -2.26. The molecule has 1 saturated carbocycles. The van der Waals surface area contributed by atoms with Gasteiger partial charge in [0.15, 0.2) is 0 Å². The molecule has 4 heteroatoms. The highest BCUT2D eigenvalue weighted by molar-refractivity contribution is 5.81. The summed E-state index contributed by atoms with van der Waals surface area (Å²) < 4.78 is 0. The highest BCUT2D eigenvalue weighted by atomic mass is 16.2.